The molecular weight excluding hydrogens is 450 g/mol. The van der Waals surface area contributed by atoms with Crippen molar-refractivity contribution in [3.05, 3.63) is 35.7 Å². The molecule has 0 saturated heterocycles. The Morgan fingerprint density at radius 2 is 1.88 bits per heavy atom. The van der Waals surface area contributed by atoms with Gasteiger partial charge in [-0.15, -0.1) is 0 Å². The van der Waals surface area contributed by atoms with Crippen molar-refractivity contribution in [2.24, 2.45) is 0 Å². The third-order valence-corrected chi connectivity index (χ3v) is 6.54. The number of carboxylic acid groups (broad SMARTS) is 1. The number of fused-ring (bicyclic) bond motifs is 1. The molecule has 4 rings (SSSR count). The number of hydrogen-bond acceptors (Lipinski definition) is 8. The summed E-state index contributed by atoms with van der Waals surface area (Å²) < 4.78 is 1.49. The van der Waals surface area contributed by atoms with Crippen LogP contribution in [0.5, 0.6) is 0 Å². The first-order valence-corrected chi connectivity index (χ1v) is 12.9. The van der Waals surface area contributed by atoms with Crippen LogP contribution in [0.2, 0.25) is 0 Å². The second-order valence-electron chi connectivity index (χ2n) is 7.25. The molecule has 182 valence electrons. The molecule has 1 aliphatic rings. The average molecular weight is 484 g/mol. The molecule has 3 heterocycles. The van der Waals surface area contributed by atoms with Crippen molar-refractivity contribution < 1.29 is 9.90 Å². The Bertz CT molecular complexity index is 1150. The second kappa shape index (κ2) is 12.8. The molecule has 10 heteroatoms. The molecule has 9 nitrogen and oxygen atoms in total. The van der Waals surface area contributed by atoms with Crippen molar-refractivity contribution in [1.82, 2.24) is 19.7 Å². The number of carbonyl (C=O) groups is 1. The second-order valence-corrected chi connectivity index (χ2v) is 8.39. The van der Waals surface area contributed by atoms with Crippen LogP contribution < -0.4 is 11.1 Å². The zero-order chi connectivity index (χ0) is 25.3. The number of hydrogen-bond donors (Lipinski definition) is 3. The summed E-state index contributed by atoms with van der Waals surface area (Å²) in [5, 5.41) is 27.8. The van der Waals surface area contributed by atoms with Gasteiger partial charge in [0.2, 0.25) is 0 Å². The standard InChI is InChI=1S/C20H21N7O2S.2C2H6/c1-30-14-4-2-13(3-5-14)25-16-7-17(23-10-15(16)20(28)29)27-19-12(9-24-27)6-11(8-21)18(22)26-19;2*1-2/h6-7,9-10,13-14H,2-5H2,1H3,(H2,22,26)(H,23,25)(H,28,29);2*1-2H3. The molecule has 3 aromatic heterocycles. The van der Waals surface area contributed by atoms with E-state index in [2.05, 4.69) is 26.6 Å². The lowest BCUT2D eigenvalue weighted by Crippen LogP contribution is -2.28. The predicted molar refractivity (Wildman–Crippen MR) is 139 cm³/mol. The van der Waals surface area contributed by atoms with Gasteiger partial charge in [-0.05, 0) is 38.0 Å². The minimum absolute atomic E-state index is 0.109. The molecule has 0 aromatic carbocycles. The summed E-state index contributed by atoms with van der Waals surface area (Å²) >= 11 is 1.89. The first kappa shape index (κ1) is 26.9. The quantitative estimate of drug-likeness (QED) is 0.451. The monoisotopic (exact) mass is 483 g/mol. The fourth-order valence-electron chi connectivity index (χ4n) is 3.74. The van der Waals surface area contributed by atoms with E-state index in [4.69, 9.17) is 11.0 Å². The minimum Gasteiger partial charge on any atom is -0.478 e. The molecule has 4 N–H and O–H groups in total. The van der Waals surface area contributed by atoms with E-state index in [1.165, 1.54) is 10.9 Å². The predicted octanol–water partition coefficient (Wildman–Crippen LogP) is 5.11. The van der Waals surface area contributed by atoms with Gasteiger partial charge in [-0.25, -0.2) is 14.8 Å². The molecule has 0 amide bonds. The van der Waals surface area contributed by atoms with Gasteiger partial charge in [0, 0.05) is 28.9 Å². The van der Waals surface area contributed by atoms with E-state index in [0.29, 0.717) is 27.8 Å². The number of rotatable bonds is 5. The molecule has 0 unspecified atom stereocenters. The lowest BCUT2D eigenvalue weighted by Gasteiger charge is -2.29. The Morgan fingerprint density at radius 1 is 1.21 bits per heavy atom. The van der Waals surface area contributed by atoms with Crippen molar-refractivity contribution in [3.63, 3.8) is 0 Å². The van der Waals surface area contributed by atoms with Crippen LogP contribution in [0.4, 0.5) is 11.5 Å². The largest absolute Gasteiger partial charge is 0.478 e. The highest BCUT2D eigenvalue weighted by Crippen LogP contribution is 2.30. The molecule has 34 heavy (non-hydrogen) atoms. The Balaban J connectivity index is 0.000000970. The van der Waals surface area contributed by atoms with Crippen molar-refractivity contribution in [1.29, 1.82) is 5.26 Å². The van der Waals surface area contributed by atoms with Crippen LogP contribution >= 0.6 is 11.8 Å². The molecule has 3 aromatic rings. The highest BCUT2D eigenvalue weighted by molar-refractivity contribution is 7.99. The van der Waals surface area contributed by atoms with Crippen LogP contribution in [0.3, 0.4) is 0 Å². The number of nitrogens with one attached hydrogen (secondary N) is 1. The van der Waals surface area contributed by atoms with E-state index in [1.807, 2.05) is 45.5 Å². The molecule has 0 atom stereocenters. The number of carboxylic acids is 1. The molecule has 0 bridgehead atoms. The normalized spacial score (nSPS) is 16.9. The number of nitrogen functional groups attached to an aromatic ring is 1. The third kappa shape index (κ3) is 5.97. The van der Waals surface area contributed by atoms with E-state index in [0.717, 1.165) is 25.7 Å². The maximum atomic E-state index is 11.7. The fraction of sp³-hybridized carbons (Fsp3) is 0.458. The highest BCUT2D eigenvalue weighted by atomic mass is 32.2. The molecule has 0 aliphatic heterocycles. The Labute approximate surface area is 204 Å². The number of nitriles is 1. The smallest absolute Gasteiger partial charge is 0.339 e. The summed E-state index contributed by atoms with van der Waals surface area (Å²) in [6.07, 6.45) is 9.22. The summed E-state index contributed by atoms with van der Waals surface area (Å²) in [5.41, 5.74) is 7.20. The summed E-state index contributed by atoms with van der Waals surface area (Å²) in [6.45, 7) is 8.00. The lowest BCUT2D eigenvalue weighted by atomic mass is 9.94. The van der Waals surface area contributed by atoms with Crippen molar-refractivity contribution in [3.8, 4) is 11.9 Å². The third-order valence-electron chi connectivity index (χ3n) is 5.40. The van der Waals surface area contributed by atoms with Crippen LogP contribution in [0.25, 0.3) is 16.9 Å². The van der Waals surface area contributed by atoms with Gasteiger partial charge in [-0.3, -0.25) is 0 Å². The molecule has 1 aliphatic carbocycles. The van der Waals surface area contributed by atoms with Crippen LogP contribution in [0.15, 0.2) is 24.5 Å². The molecule has 0 spiro atoms. The van der Waals surface area contributed by atoms with Gasteiger partial charge in [0.25, 0.3) is 0 Å². The summed E-state index contributed by atoms with van der Waals surface area (Å²) in [4.78, 5) is 20.3. The SMILES string of the molecule is CC.CC.CSC1CCC(Nc2cc(-n3ncc4cc(C#N)c(N)nc43)ncc2C(=O)O)CC1. The summed E-state index contributed by atoms with van der Waals surface area (Å²) in [6, 6.07) is 5.51. The van der Waals surface area contributed by atoms with E-state index >= 15 is 0 Å². The van der Waals surface area contributed by atoms with Gasteiger partial charge in [0.05, 0.1) is 17.4 Å². The van der Waals surface area contributed by atoms with Gasteiger partial charge < -0.3 is 16.2 Å². The van der Waals surface area contributed by atoms with Gasteiger partial charge in [0.1, 0.15) is 17.5 Å². The Kier molecular flexibility index (Phi) is 10.1. The van der Waals surface area contributed by atoms with Crippen molar-refractivity contribution in [2.45, 2.75) is 64.7 Å². The topological polar surface area (TPSA) is 143 Å². The minimum atomic E-state index is -1.04. The van der Waals surface area contributed by atoms with Crippen LogP contribution in [0.1, 0.15) is 69.3 Å². The van der Waals surface area contributed by atoms with E-state index in [9.17, 15) is 9.90 Å². The average Bonchev–Trinajstić information content (AvgIpc) is 3.28. The van der Waals surface area contributed by atoms with Crippen molar-refractivity contribution >= 4 is 40.3 Å². The van der Waals surface area contributed by atoms with Gasteiger partial charge in [-0.2, -0.15) is 26.8 Å². The first-order valence-electron chi connectivity index (χ1n) is 11.6. The first-order chi connectivity index (χ1) is 16.5. The summed E-state index contributed by atoms with van der Waals surface area (Å²) in [5.74, 6) is -0.509. The molecule has 1 saturated carbocycles. The molecular formula is C24H33N7O2S. The number of nitrogens with zero attached hydrogens (tertiary/aromatic N) is 5. The maximum Gasteiger partial charge on any atom is 0.339 e. The zero-order valence-corrected chi connectivity index (χ0v) is 21.2. The lowest BCUT2D eigenvalue weighted by molar-refractivity contribution is 0.0697. The molecule has 0 radical (unpaired) electrons. The van der Waals surface area contributed by atoms with Crippen molar-refractivity contribution in [2.75, 3.05) is 17.3 Å². The van der Waals surface area contributed by atoms with E-state index < -0.39 is 5.97 Å². The van der Waals surface area contributed by atoms with Crippen LogP contribution in [0, 0.1) is 11.3 Å². The van der Waals surface area contributed by atoms with Gasteiger partial charge in [0.15, 0.2) is 11.5 Å². The maximum absolute atomic E-state index is 11.7. The number of pyridine rings is 2. The number of anilines is 2. The number of aromatic carboxylic acids is 1. The zero-order valence-electron chi connectivity index (χ0n) is 20.4. The van der Waals surface area contributed by atoms with Crippen LogP contribution in [-0.2, 0) is 0 Å². The molecule has 1 fully saturated rings. The number of aromatic nitrogens is 4. The number of thioether (sulfide) groups is 1. The van der Waals surface area contributed by atoms with Gasteiger partial charge >= 0.3 is 5.97 Å². The van der Waals surface area contributed by atoms with Gasteiger partial charge in [-0.1, -0.05) is 27.7 Å². The Morgan fingerprint density at radius 3 is 2.47 bits per heavy atom. The van der Waals surface area contributed by atoms with E-state index in [-0.39, 0.29) is 23.0 Å². The highest BCUT2D eigenvalue weighted by Gasteiger charge is 2.23. The Hall–Kier alpha value is -3.32. The number of nitrogens with two attached hydrogens (primary N) is 1. The fourth-order valence-corrected chi connectivity index (χ4v) is 4.49. The summed E-state index contributed by atoms with van der Waals surface area (Å²) in [7, 11) is 0. The van der Waals surface area contributed by atoms with Crippen LogP contribution in [-0.4, -0.2) is 48.4 Å². The van der Waals surface area contributed by atoms with E-state index in [1.54, 1.807) is 18.3 Å².